The zero-order valence-electron chi connectivity index (χ0n) is 18.5. The Morgan fingerprint density at radius 3 is 2.35 bits per heavy atom. The van der Waals surface area contributed by atoms with Crippen molar-refractivity contribution in [1.29, 1.82) is 0 Å². The first-order valence-electron chi connectivity index (χ1n) is 10.3. The topological polar surface area (TPSA) is 59.1 Å². The molecule has 1 atom stereocenters. The van der Waals surface area contributed by atoms with Crippen LogP contribution >= 0.6 is 0 Å². The quantitative estimate of drug-likeness (QED) is 0.344. The highest BCUT2D eigenvalue weighted by Gasteiger charge is 2.32. The van der Waals surface area contributed by atoms with Crippen molar-refractivity contribution in [2.45, 2.75) is 45.8 Å². The van der Waals surface area contributed by atoms with Gasteiger partial charge in [0.1, 0.15) is 11.6 Å². The molecule has 0 saturated heterocycles. The number of hydrogen-bond acceptors (Lipinski definition) is 5. The van der Waals surface area contributed by atoms with E-state index in [0.29, 0.717) is 11.1 Å². The average Bonchev–Trinajstić information content (AvgIpc) is 2.73. The first-order valence-corrected chi connectivity index (χ1v) is 10.3. The van der Waals surface area contributed by atoms with Crippen LogP contribution in [0.3, 0.4) is 0 Å². The van der Waals surface area contributed by atoms with Gasteiger partial charge in [-0.25, -0.2) is 4.98 Å². The van der Waals surface area contributed by atoms with E-state index in [0.717, 1.165) is 24.6 Å². The predicted molar refractivity (Wildman–Crippen MR) is 117 cm³/mol. The summed E-state index contributed by atoms with van der Waals surface area (Å²) in [6, 6.07) is 9.94. The second kappa shape index (κ2) is 9.78. The molecular weight excluding hydrogens is 462 g/mol. The van der Waals surface area contributed by atoms with Gasteiger partial charge in [-0.1, -0.05) is 25.1 Å². The van der Waals surface area contributed by atoms with Crippen LogP contribution in [0.15, 0.2) is 48.5 Å². The van der Waals surface area contributed by atoms with E-state index in [1.54, 1.807) is 6.92 Å². The Balaban J connectivity index is 2.03. The maximum Gasteiger partial charge on any atom is 0.573 e. The molecule has 3 aromatic rings. The summed E-state index contributed by atoms with van der Waals surface area (Å²) in [4.78, 5) is 8.70. The number of alkyl halides is 6. The van der Waals surface area contributed by atoms with E-state index in [4.69, 9.17) is 0 Å². The molecule has 0 radical (unpaired) electrons. The molecule has 3 rings (SSSR count). The van der Waals surface area contributed by atoms with Crippen LogP contribution in [0.5, 0.6) is 5.75 Å². The molecule has 0 unspecified atom stereocenters. The van der Waals surface area contributed by atoms with Crippen LogP contribution in [0.2, 0.25) is 0 Å². The third kappa shape index (κ3) is 6.75. The molecule has 0 aliphatic rings. The van der Waals surface area contributed by atoms with Crippen molar-refractivity contribution in [1.82, 2.24) is 9.97 Å². The molecule has 1 heterocycles. The summed E-state index contributed by atoms with van der Waals surface area (Å²) in [6.45, 7) is 5.46. The van der Waals surface area contributed by atoms with Crippen molar-refractivity contribution in [3.8, 4) is 17.0 Å². The summed E-state index contributed by atoms with van der Waals surface area (Å²) in [6.07, 6.45) is -8.65. The lowest BCUT2D eigenvalue weighted by Crippen LogP contribution is -2.17. The Kier molecular flexibility index (Phi) is 7.23. The Hall–Kier alpha value is -3.50. The predicted octanol–water partition coefficient (Wildman–Crippen LogP) is 7.32. The lowest BCUT2D eigenvalue weighted by Gasteiger charge is -2.17. The van der Waals surface area contributed by atoms with Crippen molar-refractivity contribution < 1.29 is 31.1 Å². The molecule has 0 aliphatic heterocycles. The minimum Gasteiger partial charge on any atom is -0.406 e. The third-order valence-electron chi connectivity index (χ3n) is 4.91. The van der Waals surface area contributed by atoms with Crippen molar-refractivity contribution in [3.05, 3.63) is 59.7 Å². The van der Waals surface area contributed by atoms with Crippen LogP contribution in [0, 0.1) is 6.92 Å². The number of nitrogens with zero attached hydrogens (tertiary/aromatic N) is 2. The zero-order chi connectivity index (χ0) is 25.1. The van der Waals surface area contributed by atoms with Crippen LogP contribution < -0.4 is 15.4 Å². The number of benzene rings is 2. The molecule has 34 heavy (non-hydrogen) atoms. The fraction of sp³-hybridized carbons (Fsp3) is 0.304. The van der Waals surface area contributed by atoms with E-state index in [2.05, 4.69) is 25.3 Å². The fourth-order valence-corrected chi connectivity index (χ4v) is 2.97. The summed E-state index contributed by atoms with van der Waals surface area (Å²) in [5, 5.41) is 5.95. The van der Waals surface area contributed by atoms with Gasteiger partial charge in [0.25, 0.3) is 0 Å². The zero-order valence-corrected chi connectivity index (χ0v) is 18.5. The number of aryl methyl sites for hydroxylation is 1. The highest BCUT2D eigenvalue weighted by Crippen LogP contribution is 2.34. The van der Waals surface area contributed by atoms with Gasteiger partial charge >= 0.3 is 12.5 Å². The average molecular weight is 484 g/mol. The lowest BCUT2D eigenvalue weighted by molar-refractivity contribution is -0.274. The first-order chi connectivity index (χ1) is 15.8. The van der Waals surface area contributed by atoms with Gasteiger partial charge in [0.2, 0.25) is 5.95 Å². The minimum absolute atomic E-state index is 0.0294. The van der Waals surface area contributed by atoms with Crippen molar-refractivity contribution >= 4 is 17.5 Å². The van der Waals surface area contributed by atoms with E-state index in [9.17, 15) is 26.3 Å². The van der Waals surface area contributed by atoms with Gasteiger partial charge in [0.15, 0.2) is 0 Å². The molecule has 1 aromatic heterocycles. The van der Waals surface area contributed by atoms with Crippen LogP contribution in [-0.4, -0.2) is 22.4 Å². The molecule has 0 fully saturated rings. The number of ether oxygens (including phenoxy) is 1. The number of anilines is 3. The van der Waals surface area contributed by atoms with Crippen LogP contribution in [0.1, 0.15) is 31.4 Å². The molecule has 0 aliphatic carbocycles. The molecular formula is C23H22F6N4O. The highest BCUT2D eigenvalue weighted by atomic mass is 19.4. The Labute approximate surface area is 192 Å². The Morgan fingerprint density at radius 2 is 1.71 bits per heavy atom. The third-order valence-corrected chi connectivity index (χ3v) is 4.91. The van der Waals surface area contributed by atoms with E-state index in [-0.39, 0.29) is 29.2 Å². The molecule has 11 heteroatoms. The second-order valence-electron chi connectivity index (χ2n) is 7.64. The van der Waals surface area contributed by atoms with Gasteiger partial charge < -0.3 is 15.4 Å². The molecule has 2 N–H and O–H groups in total. The standard InChI is InChI=1S/C23H22F6N4O/c1-4-14(3)30-21-32-19(15-6-5-7-17(10-15)34-23(27,28)29)12-20(33-21)31-18-11-16(22(24,25)26)9-8-13(18)2/h5-12,14H,4H2,1-3H3,(H2,30,31,32,33)/t14-/m0/s1. The second-order valence-corrected chi connectivity index (χ2v) is 7.64. The monoisotopic (exact) mass is 484 g/mol. The van der Waals surface area contributed by atoms with Gasteiger partial charge in [-0.3, -0.25) is 0 Å². The fourth-order valence-electron chi connectivity index (χ4n) is 2.97. The summed E-state index contributed by atoms with van der Waals surface area (Å²) >= 11 is 0. The van der Waals surface area contributed by atoms with Gasteiger partial charge in [-0.2, -0.15) is 18.2 Å². The van der Waals surface area contributed by atoms with Gasteiger partial charge in [-0.05, 0) is 50.1 Å². The van der Waals surface area contributed by atoms with Crippen molar-refractivity contribution in [3.63, 3.8) is 0 Å². The van der Waals surface area contributed by atoms with Gasteiger partial charge in [0.05, 0.1) is 11.3 Å². The number of nitrogens with one attached hydrogen (secondary N) is 2. The maximum absolute atomic E-state index is 13.2. The lowest BCUT2D eigenvalue weighted by atomic mass is 10.1. The summed E-state index contributed by atoms with van der Waals surface area (Å²) in [5.74, 6) is -0.0928. The molecule has 0 spiro atoms. The SMILES string of the molecule is CC[C@H](C)Nc1nc(Nc2cc(C(F)(F)F)ccc2C)cc(-c2cccc(OC(F)(F)F)c2)n1. The van der Waals surface area contributed by atoms with Gasteiger partial charge in [-0.15, -0.1) is 13.2 Å². The number of aromatic nitrogens is 2. The van der Waals surface area contributed by atoms with Crippen LogP contribution in [0.25, 0.3) is 11.3 Å². The van der Waals surface area contributed by atoms with E-state index >= 15 is 0 Å². The normalized spacial score (nSPS) is 12.9. The number of rotatable bonds is 7. The summed E-state index contributed by atoms with van der Waals surface area (Å²) in [5.41, 5.74) is 0.457. The Bertz CT molecular complexity index is 1150. The smallest absolute Gasteiger partial charge is 0.406 e. The van der Waals surface area contributed by atoms with Crippen molar-refractivity contribution in [2.75, 3.05) is 10.6 Å². The van der Waals surface area contributed by atoms with E-state index in [1.165, 1.54) is 30.3 Å². The highest BCUT2D eigenvalue weighted by molar-refractivity contribution is 5.69. The maximum atomic E-state index is 13.2. The molecule has 2 aromatic carbocycles. The largest absolute Gasteiger partial charge is 0.573 e. The molecule has 182 valence electrons. The summed E-state index contributed by atoms with van der Waals surface area (Å²) in [7, 11) is 0. The van der Waals surface area contributed by atoms with Gasteiger partial charge in [0, 0.05) is 23.4 Å². The summed E-state index contributed by atoms with van der Waals surface area (Å²) < 4.78 is 81.4. The van der Waals surface area contributed by atoms with Crippen molar-refractivity contribution in [2.24, 2.45) is 0 Å². The van der Waals surface area contributed by atoms with Crippen LogP contribution in [0.4, 0.5) is 43.8 Å². The van der Waals surface area contributed by atoms with E-state index < -0.39 is 23.9 Å². The van der Waals surface area contributed by atoms with Crippen LogP contribution in [-0.2, 0) is 6.18 Å². The minimum atomic E-state index is -4.86. The number of hydrogen-bond donors (Lipinski definition) is 2. The molecule has 0 bridgehead atoms. The first kappa shape index (κ1) is 25.1. The molecule has 0 saturated carbocycles. The molecule has 5 nitrogen and oxygen atoms in total. The van der Waals surface area contributed by atoms with E-state index in [1.807, 2.05) is 13.8 Å². The number of halogens is 6. The Morgan fingerprint density at radius 1 is 0.971 bits per heavy atom. The molecule has 0 amide bonds.